The highest BCUT2D eigenvalue weighted by atomic mass is 16.1. The highest BCUT2D eigenvalue weighted by molar-refractivity contribution is 5.78. The Balaban J connectivity index is 1.82. The summed E-state index contributed by atoms with van der Waals surface area (Å²) in [5.74, 6) is 1.01. The van der Waals surface area contributed by atoms with Crippen molar-refractivity contribution in [2.45, 2.75) is 45.7 Å². The van der Waals surface area contributed by atoms with Crippen LogP contribution in [0.2, 0.25) is 0 Å². The molecule has 3 atom stereocenters. The van der Waals surface area contributed by atoms with E-state index in [-0.39, 0.29) is 11.8 Å². The van der Waals surface area contributed by atoms with Crippen molar-refractivity contribution in [1.82, 2.24) is 20.4 Å². The molecule has 1 amide bonds. The van der Waals surface area contributed by atoms with Gasteiger partial charge in [-0.2, -0.15) is 0 Å². The quantitative estimate of drug-likeness (QED) is 0.787. The molecule has 2 rings (SSSR count). The number of hydrogen-bond acceptors (Lipinski definition) is 4. The van der Waals surface area contributed by atoms with Crippen LogP contribution in [0, 0.1) is 11.8 Å². The lowest BCUT2D eigenvalue weighted by Crippen LogP contribution is -2.54. The second-order valence-corrected chi connectivity index (χ2v) is 7.47. The van der Waals surface area contributed by atoms with E-state index in [9.17, 15) is 4.79 Å². The van der Waals surface area contributed by atoms with Gasteiger partial charge in [0.05, 0.1) is 0 Å². The molecule has 0 aromatic rings. The lowest BCUT2D eigenvalue weighted by atomic mass is 9.92. The van der Waals surface area contributed by atoms with E-state index in [2.05, 4.69) is 48.3 Å². The molecule has 0 radical (unpaired) electrons. The van der Waals surface area contributed by atoms with Crippen LogP contribution in [0.1, 0.15) is 33.6 Å². The number of carbonyl (C=O) groups is 1. The molecule has 5 nitrogen and oxygen atoms in total. The topological polar surface area (TPSA) is 47.6 Å². The molecule has 0 aromatic heterocycles. The van der Waals surface area contributed by atoms with E-state index in [4.69, 9.17) is 0 Å². The Kier molecular flexibility index (Phi) is 6.66. The van der Waals surface area contributed by atoms with Crippen LogP contribution in [0.3, 0.4) is 0 Å². The Morgan fingerprint density at radius 3 is 2.55 bits per heavy atom. The first kappa shape index (κ1) is 17.7. The normalized spacial score (nSPS) is 29.5. The molecule has 0 spiro atoms. The summed E-state index contributed by atoms with van der Waals surface area (Å²) in [6, 6.07) is 0.916. The first-order chi connectivity index (χ1) is 10.5. The molecular formula is C17H34N4O. The van der Waals surface area contributed by atoms with E-state index in [1.54, 1.807) is 0 Å². The van der Waals surface area contributed by atoms with Crippen LogP contribution in [0.25, 0.3) is 0 Å². The predicted molar refractivity (Wildman–Crippen MR) is 90.9 cm³/mol. The van der Waals surface area contributed by atoms with E-state index in [0.717, 1.165) is 52.1 Å². The summed E-state index contributed by atoms with van der Waals surface area (Å²) in [4.78, 5) is 17.4. The number of hydrogen-bond donors (Lipinski definition) is 2. The zero-order valence-corrected chi connectivity index (χ0v) is 14.8. The summed E-state index contributed by atoms with van der Waals surface area (Å²) >= 11 is 0. The lowest BCUT2D eigenvalue weighted by molar-refractivity contribution is -0.126. The molecular weight excluding hydrogens is 276 g/mol. The van der Waals surface area contributed by atoms with Crippen LogP contribution in [0.15, 0.2) is 0 Å². The van der Waals surface area contributed by atoms with Crippen molar-refractivity contribution in [3.05, 3.63) is 0 Å². The van der Waals surface area contributed by atoms with E-state index in [0.29, 0.717) is 18.0 Å². The molecule has 2 heterocycles. The largest absolute Gasteiger partial charge is 0.354 e. The van der Waals surface area contributed by atoms with E-state index < -0.39 is 0 Å². The number of piperazine rings is 1. The van der Waals surface area contributed by atoms with E-state index >= 15 is 0 Å². The Morgan fingerprint density at radius 2 is 1.95 bits per heavy atom. The summed E-state index contributed by atoms with van der Waals surface area (Å²) in [5, 5.41) is 6.65. The standard InChI is InChI=1S/C17H34N4O/c1-13(2)16(21-9-7-20(4)8-10-21)12-19-17(22)15-5-6-18-14(3)11-15/h13-16,18H,5-12H2,1-4H3,(H,19,22)/t14-,15-,16?/m0/s1. The van der Waals surface area contributed by atoms with Gasteiger partial charge in [-0.1, -0.05) is 13.8 Å². The zero-order chi connectivity index (χ0) is 16.1. The number of likely N-dealkylation sites (N-methyl/N-ethyl adjacent to an activating group) is 1. The third kappa shape index (κ3) is 4.93. The molecule has 128 valence electrons. The molecule has 5 heteroatoms. The Hall–Kier alpha value is -0.650. The first-order valence-electron chi connectivity index (χ1n) is 8.91. The number of rotatable bonds is 5. The maximum Gasteiger partial charge on any atom is 0.223 e. The number of nitrogens with one attached hydrogen (secondary N) is 2. The minimum absolute atomic E-state index is 0.191. The first-order valence-corrected chi connectivity index (χ1v) is 8.91. The summed E-state index contributed by atoms with van der Waals surface area (Å²) in [6.07, 6.45) is 1.93. The maximum absolute atomic E-state index is 12.4. The zero-order valence-electron chi connectivity index (χ0n) is 14.8. The van der Waals surface area contributed by atoms with Gasteiger partial charge in [-0.3, -0.25) is 9.69 Å². The molecule has 0 aliphatic carbocycles. The van der Waals surface area contributed by atoms with Crippen LogP contribution in [0.4, 0.5) is 0 Å². The minimum Gasteiger partial charge on any atom is -0.354 e. The van der Waals surface area contributed by atoms with Gasteiger partial charge in [0.1, 0.15) is 0 Å². The van der Waals surface area contributed by atoms with Gasteiger partial charge in [-0.05, 0) is 39.3 Å². The van der Waals surface area contributed by atoms with Crippen molar-refractivity contribution in [2.24, 2.45) is 11.8 Å². The third-order valence-electron chi connectivity index (χ3n) is 5.26. The molecule has 1 unspecified atom stereocenters. The van der Waals surface area contributed by atoms with Gasteiger partial charge in [0.2, 0.25) is 5.91 Å². The predicted octanol–water partition coefficient (Wildman–Crippen LogP) is 0.763. The van der Waals surface area contributed by atoms with Gasteiger partial charge in [0.25, 0.3) is 0 Å². The Labute approximate surface area is 135 Å². The van der Waals surface area contributed by atoms with Gasteiger partial charge >= 0.3 is 0 Å². The molecule has 22 heavy (non-hydrogen) atoms. The molecule has 2 saturated heterocycles. The van der Waals surface area contributed by atoms with Crippen molar-refractivity contribution >= 4 is 5.91 Å². The third-order valence-corrected chi connectivity index (χ3v) is 5.26. The van der Waals surface area contributed by atoms with Crippen molar-refractivity contribution < 1.29 is 4.79 Å². The van der Waals surface area contributed by atoms with Crippen LogP contribution in [-0.4, -0.2) is 74.1 Å². The van der Waals surface area contributed by atoms with Crippen molar-refractivity contribution in [1.29, 1.82) is 0 Å². The van der Waals surface area contributed by atoms with Crippen molar-refractivity contribution in [3.63, 3.8) is 0 Å². The smallest absolute Gasteiger partial charge is 0.223 e. The molecule has 0 saturated carbocycles. The van der Waals surface area contributed by atoms with E-state index in [1.807, 2.05) is 0 Å². The second kappa shape index (κ2) is 8.27. The molecule has 2 fully saturated rings. The van der Waals surface area contributed by atoms with E-state index in [1.165, 1.54) is 0 Å². The fourth-order valence-corrected chi connectivity index (χ4v) is 3.66. The second-order valence-electron chi connectivity index (χ2n) is 7.47. The van der Waals surface area contributed by atoms with Crippen LogP contribution < -0.4 is 10.6 Å². The number of nitrogens with zero attached hydrogens (tertiary/aromatic N) is 2. The summed E-state index contributed by atoms with van der Waals surface area (Å²) < 4.78 is 0. The summed E-state index contributed by atoms with van der Waals surface area (Å²) in [6.45, 7) is 12.9. The highest BCUT2D eigenvalue weighted by Gasteiger charge is 2.28. The number of piperidine rings is 1. The summed E-state index contributed by atoms with van der Waals surface area (Å²) in [5.41, 5.74) is 0. The van der Waals surface area contributed by atoms with Crippen LogP contribution in [0.5, 0.6) is 0 Å². The Morgan fingerprint density at radius 1 is 1.27 bits per heavy atom. The maximum atomic E-state index is 12.4. The lowest BCUT2D eigenvalue weighted by Gasteiger charge is -2.40. The molecule has 2 aliphatic heterocycles. The average Bonchev–Trinajstić information content (AvgIpc) is 2.48. The minimum atomic E-state index is 0.191. The van der Waals surface area contributed by atoms with Gasteiger partial charge in [0, 0.05) is 50.7 Å². The van der Waals surface area contributed by atoms with Crippen molar-refractivity contribution in [3.8, 4) is 0 Å². The van der Waals surface area contributed by atoms with Gasteiger partial charge in [0.15, 0.2) is 0 Å². The molecule has 2 N–H and O–H groups in total. The SMILES string of the molecule is CC(C)C(CNC(=O)[C@H]1CCN[C@@H](C)C1)N1CCN(C)CC1. The van der Waals surface area contributed by atoms with Gasteiger partial charge in [-0.15, -0.1) is 0 Å². The fraction of sp³-hybridized carbons (Fsp3) is 0.941. The molecule has 0 bridgehead atoms. The highest BCUT2D eigenvalue weighted by Crippen LogP contribution is 2.17. The van der Waals surface area contributed by atoms with Gasteiger partial charge < -0.3 is 15.5 Å². The average molecular weight is 310 g/mol. The van der Waals surface area contributed by atoms with Crippen LogP contribution >= 0.6 is 0 Å². The monoisotopic (exact) mass is 310 g/mol. The molecule has 0 aromatic carbocycles. The number of amides is 1. The molecule has 2 aliphatic rings. The van der Waals surface area contributed by atoms with Crippen LogP contribution in [-0.2, 0) is 4.79 Å². The number of carbonyl (C=O) groups excluding carboxylic acids is 1. The summed E-state index contributed by atoms with van der Waals surface area (Å²) in [7, 11) is 2.18. The fourth-order valence-electron chi connectivity index (χ4n) is 3.66. The van der Waals surface area contributed by atoms with Gasteiger partial charge in [-0.25, -0.2) is 0 Å². The Bertz CT molecular complexity index is 353. The van der Waals surface area contributed by atoms with Crippen molar-refractivity contribution in [2.75, 3.05) is 46.3 Å².